The first kappa shape index (κ1) is 19.1. The molecule has 0 radical (unpaired) electrons. The number of hydrogen-bond donors (Lipinski definition) is 3. The number of amides is 3. The van der Waals surface area contributed by atoms with Gasteiger partial charge in [-0.05, 0) is 42.5 Å². The van der Waals surface area contributed by atoms with Crippen molar-refractivity contribution in [2.75, 3.05) is 6.54 Å². The van der Waals surface area contributed by atoms with E-state index in [0.717, 1.165) is 0 Å². The summed E-state index contributed by atoms with van der Waals surface area (Å²) in [5.41, 5.74) is 4.82. The monoisotopic (exact) mass is 399 g/mol. The van der Waals surface area contributed by atoms with Crippen LogP contribution in [-0.4, -0.2) is 24.3 Å². The molecule has 0 spiro atoms. The molecule has 0 bridgehead atoms. The lowest BCUT2D eigenvalue weighted by Crippen LogP contribution is -2.46. The standard InChI is InChI=1S/C16H12Cl3N3O3/c17-10-3-1-9(2-4-10)15(24)20-8-14(23)21-22-16(25)12-7-11(18)5-6-13(12)19/h1-7H,8H2,(H,20,24)(H,21,23)(H,22,25). The molecule has 0 unspecified atom stereocenters. The van der Waals surface area contributed by atoms with Crippen molar-refractivity contribution in [2.24, 2.45) is 0 Å². The van der Waals surface area contributed by atoms with Gasteiger partial charge in [-0.1, -0.05) is 34.8 Å². The first-order valence-corrected chi connectivity index (χ1v) is 8.08. The van der Waals surface area contributed by atoms with Gasteiger partial charge in [0.15, 0.2) is 0 Å². The van der Waals surface area contributed by atoms with Gasteiger partial charge >= 0.3 is 0 Å². The lowest BCUT2D eigenvalue weighted by molar-refractivity contribution is -0.120. The minimum absolute atomic E-state index is 0.111. The van der Waals surface area contributed by atoms with Crippen molar-refractivity contribution >= 4 is 52.5 Å². The summed E-state index contributed by atoms with van der Waals surface area (Å²) in [5, 5.41) is 3.42. The number of carbonyl (C=O) groups is 3. The van der Waals surface area contributed by atoms with E-state index in [4.69, 9.17) is 34.8 Å². The maximum Gasteiger partial charge on any atom is 0.271 e. The van der Waals surface area contributed by atoms with E-state index in [9.17, 15) is 14.4 Å². The Morgan fingerprint density at radius 2 is 1.44 bits per heavy atom. The lowest BCUT2D eigenvalue weighted by atomic mass is 10.2. The van der Waals surface area contributed by atoms with Gasteiger partial charge in [0.1, 0.15) is 0 Å². The molecule has 0 aliphatic rings. The molecular weight excluding hydrogens is 389 g/mol. The number of benzene rings is 2. The average Bonchev–Trinajstić information content (AvgIpc) is 2.60. The van der Waals surface area contributed by atoms with Crippen molar-refractivity contribution < 1.29 is 14.4 Å². The fourth-order valence-electron chi connectivity index (χ4n) is 1.77. The number of carbonyl (C=O) groups excluding carboxylic acids is 3. The molecule has 0 atom stereocenters. The second-order valence-electron chi connectivity index (χ2n) is 4.82. The third kappa shape index (κ3) is 5.63. The van der Waals surface area contributed by atoms with Crippen molar-refractivity contribution in [3.8, 4) is 0 Å². The number of hydrogen-bond acceptors (Lipinski definition) is 3. The summed E-state index contributed by atoms with van der Waals surface area (Å²) < 4.78 is 0. The molecule has 0 saturated carbocycles. The van der Waals surface area contributed by atoms with Crippen LogP contribution in [0.2, 0.25) is 15.1 Å². The topological polar surface area (TPSA) is 87.3 Å². The first-order valence-electron chi connectivity index (χ1n) is 6.95. The lowest BCUT2D eigenvalue weighted by Gasteiger charge is -2.09. The molecule has 3 amide bonds. The molecular formula is C16H12Cl3N3O3. The van der Waals surface area contributed by atoms with Crippen molar-refractivity contribution in [1.82, 2.24) is 16.2 Å². The minimum Gasteiger partial charge on any atom is -0.343 e. The summed E-state index contributed by atoms with van der Waals surface area (Å²) in [6.07, 6.45) is 0. The molecule has 0 aliphatic carbocycles. The number of halogens is 3. The highest BCUT2D eigenvalue weighted by molar-refractivity contribution is 6.35. The molecule has 0 saturated heterocycles. The molecule has 0 aliphatic heterocycles. The van der Waals surface area contributed by atoms with Gasteiger partial charge in [-0.3, -0.25) is 25.2 Å². The maximum atomic E-state index is 11.9. The van der Waals surface area contributed by atoms with Crippen LogP contribution in [0.4, 0.5) is 0 Å². The Hall–Kier alpha value is -2.28. The van der Waals surface area contributed by atoms with Gasteiger partial charge in [0.05, 0.1) is 17.1 Å². The number of nitrogens with one attached hydrogen (secondary N) is 3. The minimum atomic E-state index is -0.634. The molecule has 2 rings (SSSR count). The van der Waals surface area contributed by atoms with Crippen LogP contribution < -0.4 is 16.2 Å². The molecule has 0 heterocycles. The van der Waals surface area contributed by atoms with Gasteiger partial charge in [-0.25, -0.2) is 0 Å². The summed E-state index contributed by atoms with van der Waals surface area (Å²) in [5.74, 6) is -1.70. The maximum absolute atomic E-state index is 11.9. The van der Waals surface area contributed by atoms with E-state index in [1.165, 1.54) is 30.3 Å². The highest BCUT2D eigenvalue weighted by atomic mass is 35.5. The largest absolute Gasteiger partial charge is 0.343 e. The van der Waals surface area contributed by atoms with Crippen molar-refractivity contribution in [3.63, 3.8) is 0 Å². The van der Waals surface area contributed by atoms with Gasteiger partial charge in [0.2, 0.25) is 0 Å². The Morgan fingerprint density at radius 3 is 2.12 bits per heavy atom. The van der Waals surface area contributed by atoms with Gasteiger partial charge in [0.25, 0.3) is 17.7 Å². The number of rotatable bonds is 4. The summed E-state index contributed by atoms with van der Waals surface area (Å²) in [6.45, 7) is -0.328. The fourth-order valence-corrected chi connectivity index (χ4v) is 2.27. The van der Waals surface area contributed by atoms with E-state index in [1.807, 2.05) is 0 Å². The van der Waals surface area contributed by atoms with E-state index in [-0.39, 0.29) is 17.1 Å². The predicted octanol–water partition coefficient (Wildman–Crippen LogP) is 2.84. The normalized spacial score (nSPS) is 10.0. The molecule has 0 aromatic heterocycles. The van der Waals surface area contributed by atoms with Crippen LogP contribution in [0.15, 0.2) is 42.5 Å². The van der Waals surface area contributed by atoms with Crippen LogP contribution in [0, 0.1) is 0 Å². The molecule has 130 valence electrons. The fraction of sp³-hybridized carbons (Fsp3) is 0.0625. The molecule has 25 heavy (non-hydrogen) atoms. The third-order valence-electron chi connectivity index (χ3n) is 3.00. The second kappa shape index (κ2) is 8.71. The van der Waals surface area contributed by atoms with Gasteiger partial charge in [-0.15, -0.1) is 0 Å². The SMILES string of the molecule is O=C(CNC(=O)c1ccc(Cl)cc1)NNC(=O)c1cc(Cl)ccc1Cl. The summed E-state index contributed by atoms with van der Waals surface area (Å²) >= 11 is 17.4. The van der Waals surface area contributed by atoms with Crippen LogP contribution >= 0.6 is 34.8 Å². The zero-order chi connectivity index (χ0) is 18.4. The molecule has 2 aromatic carbocycles. The predicted molar refractivity (Wildman–Crippen MR) is 95.9 cm³/mol. The van der Waals surface area contributed by atoms with Crippen molar-refractivity contribution in [2.45, 2.75) is 0 Å². The highest BCUT2D eigenvalue weighted by Crippen LogP contribution is 2.20. The molecule has 9 heteroatoms. The Morgan fingerprint density at radius 1 is 0.800 bits per heavy atom. The third-order valence-corrected chi connectivity index (χ3v) is 3.82. The zero-order valence-corrected chi connectivity index (χ0v) is 14.9. The molecule has 2 aromatic rings. The van der Waals surface area contributed by atoms with E-state index in [1.54, 1.807) is 12.1 Å². The Labute approximate surface area is 158 Å². The zero-order valence-electron chi connectivity index (χ0n) is 12.6. The quantitative estimate of drug-likeness (QED) is 0.690. The van der Waals surface area contributed by atoms with Gasteiger partial charge in [-0.2, -0.15) is 0 Å². The van der Waals surface area contributed by atoms with E-state index in [2.05, 4.69) is 16.2 Å². The van der Waals surface area contributed by atoms with E-state index in [0.29, 0.717) is 15.6 Å². The molecule has 0 fully saturated rings. The average molecular weight is 401 g/mol. The van der Waals surface area contributed by atoms with E-state index >= 15 is 0 Å². The summed E-state index contributed by atoms with van der Waals surface area (Å²) in [7, 11) is 0. The highest BCUT2D eigenvalue weighted by Gasteiger charge is 2.13. The Kier molecular flexibility index (Phi) is 6.64. The summed E-state index contributed by atoms with van der Waals surface area (Å²) in [4.78, 5) is 35.5. The molecule has 3 N–H and O–H groups in total. The van der Waals surface area contributed by atoms with Crippen LogP contribution in [0.3, 0.4) is 0 Å². The smallest absolute Gasteiger partial charge is 0.271 e. The van der Waals surface area contributed by atoms with E-state index < -0.39 is 17.7 Å². The van der Waals surface area contributed by atoms with Crippen LogP contribution in [0.25, 0.3) is 0 Å². The summed E-state index contributed by atoms with van der Waals surface area (Å²) in [6, 6.07) is 10.5. The Bertz CT molecular complexity index is 810. The van der Waals surface area contributed by atoms with Crippen molar-refractivity contribution in [1.29, 1.82) is 0 Å². The van der Waals surface area contributed by atoms with Gasteiger partial charge in [0, 0.05) is 15.6 Å². The second-order valence-corrected chi connectivity index (χ2v) is 6.10. The van der Waals surface area contributed by atoms with Crippen LogP contribution in [0.5, 0.6) is 0 Å². The molecule has 6 nitrogen and oxygen atoms in total. The van der Waals surface area contributed by atoms with Crippen LogP contribution in [0.1, 0.15) is 20.7 Å². The Balaban J connectivity index is 1.82. The van der Waals surface area contributed by atoms with Crippen molar-refractivity contribution in [3.05, 3.63) is 68.7 Å². The first-order chi connectivity index (χ1) is 11.9. The van der Waals surface area contributed by atoms with Gasteiger partial charge < -0.3 is 5.32 Å². The number of hydrazine groups is 1. The van der Waals surface area contributed by atoms with Crippen LogP contribution in [-0.2, 0) is 4.79 Å².